The van der Waals surface area contributed by atoms with Crippen molar-refractivity contribution in [1.82, 2.24) is 19.5 Å². The molecule has 0 aliphatic carbocycles. The van der Waals surface area contributed by atoms with Gasteiger partial charge in [0.25, 0.3) is 5.91 Å². The summed E-state index contributed by atoms with van der Waals surface area (Å²) in [4.78, 5) is 41.6. The van der Waals surface area contributed by atoms with Crippen LogP contribution < -0.4 is 21.4 Å². The number of rotatable bonds is 8. The van der Waals surface area contributed by atoms with Gasteiger partial charge in [-0.1, -0.05) is 19.1 Å². The second-order valence-electron chi connectivity index (χ2n) is 8.79. The third kappa shape index (κ3) is 5.10. The first-order valence-electron chi connectivity index (χ1n) is 12.1. The summed E-state index contributed by atoms with van der Waals surface area (Å²) in [5, 5.41) is 6.87. The van der Waals surface area contributed by atoms with E-state index in [0.29, 0.717) is 24.2 Å². The summed E-state index contributed by atoms with van der Waals surface area (Å²) in [5.41, 5.74) is 8.28. The normalized spacial score (nSPS) is 14.4. The largest absolute Gasteiger partial charge is 0.493 e. The minimum absolute atomic E-state index is 0.0195. The SMILES string of the molecule is CCc1c(Cn2ccnc2)cccc1Nc1c(C(N)=O)cnc2c1N(OC(=O)C(F)(F)F)C(c1ccncc1)N2. The van der Waals surface area contributed by atoms with Crippen LogP contribution >= 0.6 is 0 Å². The van der Waals surface area contributed by atoms with Crippen LogP contribution in [-0.2, 0) is 22.6 Å². The molecular formula is C26H23F3N8O3. The number of hydrogen-bond donors (Lipinski definition) is 3. The quantitative estimate of drug-likeness (QED) is 0.295. The zero-order valence-electron chi connectivity index (χ0n) is 21.0. The molecule has 5 rings (SSSR count). The Bertz CT molecular complexity index is 1550. The summed E-state index contributed by atoms with van der Waals surface area (Å²) in [6.45, 7) is 2.46. The van der Waals surface area contributed by atoms with Crippen molar-refractivity contribution in [2.75, 3.05) is 15.7 Å². The molecule has 206 valence electrons. The molecule has 0 saturated carbocycles. The number of carbonyl (C=O) groups excluding carboxylic acids is 2. The van der Waals surface area contributed by atoms with Gasteiger partial charge < -0.3 is 25.8 Å². The van der Waals surface area contributed by atoms with E-state index in [4.69, 9.17) is 10.6 Å². The molecule has 1 amide bonds. The van der Waals surface area contributed by atoms with Gasteiger partial charge in [0.2, 0.25) is 0 Å². The van der Waals surface area contributed by atoms with E-state index in [0.717, 1.165) is 16.2 Å². The molecule has 0 spiro atoms. The number of imidazole rings is 1. The third-order valence-electron chi connectivity index (χ3n) is 6.28. The fraction of sp³-hybridized carbons (Fsp3) is 0.192. The van der Waals surface area contributed by atoms with Crippen molar-refractivity contribution in [1.29, 1.82) is 0 Å². The van der Waals surface area contributed by atoms with Crippen molar-refractivity contribution in [2.45, 2.75) is 32.2 Å². The summed E-state index contributed by atoms with van der Waals surface area (Å²) in [6.07, 6.45) is 3.42. The molecular weight excluding hydrogens is 529 g/mol. The maximum Gasteiger partial charge on any atom is 0.493 e. The minimum Gasteiger partial charge on any atom is -0.365 e. The number of fused-ring (bicyclic) bond motifs is 1. The zero-order valence-corrected chi connectivity index (χ0v) is 21.0. The summed E-state index contributed by atoms with van der Waals surface area (Å²) in [5.74, 6) is -3.27. The Labute approximate surface area is 225 Å². The standard InChI is InChI=1S/C26H23F3N8O3/c1-2-17-16(13-36-11-10-32-14-36)4-3-5-19(17)34-20-18(22(30)38)12-33-23-21(20)37(40-25(39)26(27,28)29)24(35-23)15-6-8-31-9-7-15/h3-12,14,24H,2,13H2,1H3,(H2,30,38)(H2,33,34,35). The molecule has 1 atom stereocenters. The fourth-order valence-corrected chi connectivity index (χ4v) is 4.48. The van der Waals surface area contributed by atoms with E-state index in [1.165, 1.54) is 30.7 Å². The molecule has 0 bridgehead atoms. The van der Waals surface area contributed by atoms with Gasteiger partial charge in [0.15, 0.2) is 12.0 Å². The maximum absolute atomic E-state index is 13.3. The third-order valence-corrected chi connectivity index (χ3v) is 6.28. The van der Waals surface area contributed by atoms with Gasteiger partial charge >= 0.3 is 12.1 Å². The molecule has 40 heavy (non-hydrogen) atoms. The molecule has 4 aromatic rings. The summed E-state index contributed by atoms with van der Waals surface area (Å²) >= 11 is 0. The van der Waals surface area contributed by atoms with Crippen LogP contribution in [0.5, 0.6) is 0 Å². The number of amides is 1. The van der Waals surface area contributed by atoms with E-state index in [2.05, 4.69) is 25.6 Å². The van der Waals surface area contributed by atoms with Gasteiger partial charge in [-0.3, -0.25) is 9.78 Å². The van der Waals surface area contributed by atoms with E-state index in [1.54, 1.807) is 24.7 Å². The van der Waals surface area contributed by atoms with Gasteiger partial charge in [0.1, 0.15) is 5.69 Å². The van der Waals surface area contributed by atoms with Crippen LogP contribution in [0.1, 0.15) is 40.1 Å². The Morgan fingerprint density at radius 2 is 1.93 bits per heavy atom. The number of benzene rings is 1. The summed E-state index contributed by atoms with van der Waals surface area (Å²) in [7, 11) is 0. The van der Waals surface area contributed by atoms with E-state index >= 15 is 0 Å². The van der Waals surface area contributed by atoms with Gasteiger partial charge in [-0.15, -0.1) is 0 Å². The lowest BCUT2D eigenvalue weighted by molar-refractivity contribution is -0.201. The Balaban J connectivity index is 1.63. The number of halogens is 3. The average Bonchev–Trinajstić information content (AvgIpc) is 3.57. The van der Waals surface area contributed by atoms with E-state index in [1.807, 2.05) is 23.8 Å². The predicted octanol–water partition coefficient (Wildman–Crippen LogP) is 4.08. The van der Waals surface area contributed by atoms with Gasteiger partial charge in [-0.25, -0.2) is 14.8 Å². The van der Waals surface area contributed by atoms with Crippen molar-refractivity contribution < 1.29 is 27.6 Å². The zero-order chi connectivity index (χ0) is 28.4. The highest BCUT2D eigenvalue weighted by Crippen LogP contribution is 2.47. The van der Waals surface area contributed by atoms with Crippen LogP contribution in [0.4, 0.5) is 36.1 Å². The first-order chi connectivity index (χ1) is 19.2. The number of primary amides is 1. The molecule has 1 unspecified atom stereocenters. The molecule has 1 aliphatic rings. The van der Waals surface area contributed by atoms with Crippen LogP contribution in [0, 0.1) is 0 Å². The van der Waals surface area contributed by atoms with Gasteiger partial charge in [-0.05, 0) is 35.7 Å². The highest BCUT2D eigenvalue weighted by Gasteiger charge is 2.46. The Hall–Kier alpha value is -5.14. The summed E-state index contributed by atoms with van der Waals surface area (Å²) < 4.78 is 41.8. The topological polar surface area (TPSA) is 140 Å². The van der Waals surface area contributed by atoms with E-state index in [9.17, 15) is 22.8 Å². The van der Waals surface area contributed by atoms with Crippen molar-refractivity contribution in [3.05, 3.63) is 89.9 Å². The van der Waals surface area contributed by atoms with E-state index < -0.39 is 24.2 Å². The van der Waals surface area contributed by atoms with Crippen LogP contribution in [0.15, 0.2) is 67.6 Å². The molecule has 1 aromatic carbocycles. The van der Waals surface area contributed by atoms with Crippen LogP contribution in [0.2, 0.25) is 0 Å². The van der Waals surface area contributed by atoms with E-state index in [-0.39, 0.29) is 22.8 Å². The highest BCUT2D eigenvalue weighted by atomic mass is 19.4. The van der Waals surface area contributed by atoms with Gasteiger partial charge in [0.05, 0.1) is 17.6 Å². The molecule has 1 aliphatic heterocycles. The number of aromatic nitrogens is 4. The average molecular weight is 553 g/mol. The van der Waals surface area contributed by atoms with Crippen molar-refractivity contribution in [3.63, 3.8) is 0 Å². The maximum atomic E-state index is 13.3. The fourth-order valence-electron chi connectivity index (χ4n) is 4.48. The predicted molar refractivity (Wildman–Crippen MR) is 138 cm³/mol. The number of hydroxylamine groups is 1. The number of carbonyl (C=O) groups is 2. The summed E-state index contributed by atoms with van der Waals surface area (Å²) in [6, 6.07) is 8.58. The Morgan fingerprint density at radius 3 is 2.58 bits per heavy atom. The lowest BCUT2D eigenvalue weighted by Gasteiger charge is -2.27. The van der Waals surface area contributed by atoms with Crippen LogP contribution in [-0.4, -0.2) is 37.6 Å². The van der Waals surface area contributed by atoms with Crippen molar-refractivity contribution >= 4 is 34.8 Å². The lowest BCUT2D eigenvalue weighted by Crippen LogP contribution is -2.37. The molecule has 14 heteroatoms. The molecule has 11 nitrogen and oxygen atoms in total. The number of nitrogens with zero attached hydrogens (tertiary/aromatic N) is 5. The molecule has 3 aromatic heterocycles. The Kier molecular flexibility index (Phi) is 6.98. The lowest BCUT2D eigenvalue weighted by atomic mass is 10.0. The monoisotopic (exact) mass is 552 g/mol. The molecule has 0 radical (unpaired) electrons. The van der Waals surface area contributed by atoms with Crippen LogP contribution in [0.25, 0.3) is 0 Å². The minimum atomic E-state index is -5.29. The first kappa shape index (κ1) is 26.5. The first-order valence-corrected chi connectivity index (χ1v) is 12.1. The highest BCUT2D eigenvalue weighted by molar-refractivity contribution is 6.05. The number of anilines is 4. The second-order valence-corrected chi connectivity index (χ2v) is 8.79. The number of nitrogens with one attached hydrogen (secondary N) is 2. The van der Waals surface area contributed by atoms with Crippen LogP contribution in [0.3, 0.4) is 0 Å². The number of pyridine rings is 2. The van der Waals surface area contributed by atoms with Crippen molar-refractivity contribution in [2.24, 2.45) is 5.73 Å². The number of nitrogens with two attached hydrogens (primary N) is 1. The van der Waals surface area contributed by atoms with Crippen molar-refractivity contribution in [3.8, 4) is 0 Å². The second kappa shape index (κ2) is 10.6. The van der Waals surface area contributed by atoms with Gasteiger partial charge in [0, 0.05) is 48.8 Å². The molecule has 4 N–H and O–H groups in total. The molecule has 4 heterocycles. The molecule has 0 saturated heterocycles. The Morgan fingerprint density at radius 1 is 1.15 bits per heavy atom. The number of alkyl halides is 3. The smallest absolute Gasteiger partial charge is 0.365 e. The number of hydrogen-bond acceptors (Lipinski definition) is 9. The van der Waals surface area contributed by atoms with Gasteiger partial charge in [-0.2, -0.15) is 18.2 Å². The molecule has 0 fully saturated rings.